The van der Waals surface area contributed by atoms with E-state index in [0.717, 1.165) is 0 Å². The van der Waals surface area contributed by atoms with Crippen molar-refractivity contribution >= 4 is 29.1 Å². The molecule has 3 aromatic rings. The van der Waals surface area contributed by atoms with E-state index in [-0.39, 0.29) is 5.82 Å². The van der Waals surface area contributed by atoms with Crippen LogP contribution in [0.5, 0.6) is 0 Å². The van der Waals surface area contributed by atoms with Gasteiger partial charge in [-0.2, -0.15) is 0 Å². The minimum absolute atomic E-state index is 0.0779. The maximum absolute atomic E-state index is 12.5. The predicted molar refractivity (Wildman–Crippen MR) is 93.9 cm³/mol. The smallest absolute Gasteiger partial charge is 0.308 e. The first-order valence-electron chi connectivity index (χ1n) is 7.10. The topological polar surface area (TPSA) is 76.0 Å². The largest absolute Gasteiger partial charge is 0.325 e. The summed E-state index contributed by atoms with van der Waals surface area (Å²) in [5.41, 5.74) is 0.741. The van der Waals surface area contributed by atoms with Crippen molar-refractivity contribution in [3.05, 3.63) is 82.4 Å². The molecule has 0 saturated carbocycles. The molecule has 0 bridgehead atoms. The Labute approximate surface area is 142 Å². The van der Waals surface area contributed by atoms with Crippen LogP contribution in [-0.2, 0) is 0 Å². The van der Waals surface area contributed by atoms with E-state index in [1.807, 2.05) is 6.07 Å². The van der Waals surface area contributed by atoms with Crippen LogP contribution in [0.1, 0.15) is 0 Å². The van der Waals surface area contributed by atoms with Gasteiger partial charge < -0.3 is 5.32 Å². The number of carbonyl (C=O) groups is 1. The van der Waals surface area contributed by atoms with Crippen LogP contribution in [0.4, 0.5) is 16.3 Å². The fourth-order valence-corrected chi connectivity index (χ4v) is 2.30. The molecule has 2 aromatic carbocycles. The second kappa shape index (κ2) is 6.97. The summed E-state index contributed by atoms with van der Waals surface area (Å²) in [6.45, 7) is 0. The fraction of sp³-hybridized carbons (Fsp3) is 0. The van der Waals surface area contributed by atoms with Gasteiger partial charge in [-0.25, -0.2) is 9.78 Å². The molecular weight excluding hydrogens is 328 g/mol. The Morgan fingerprint density at radius 1 is 1.04 bits per heavy atom. The Morgan fingerprint density at radius 3 is 2.58 bits per heavy atom. The maximum atomic E-state index is 12.5. The van der Waals surface area contributed by atoms with E-state index in [9.17, 15) is 9.59 Å². The molecule has 1 aromatic heterocycles. The van der Waals surface area contributed by atoms with Crippen LogP contribution >= 0.6 is 11.6 Å². The van der Waals surface area contributed by atoms with Crippen molar-refractivity contribution in [2.45, 2.75) is 0 Å². The third kappa shape index (κ3) is 3.61. The van der Waals surface area contributed by atoms with Gasteiger partial charge in [0.1, 0.15) is 0 Å². The third-order valence-electron chi connectivity index (χ3n) is 3.19. The number of halogens is 1. The number of urea groups is 1. The molecule has 3 rings (SSSR count). The van der Waals surface area contributed by atoms with Crippen molar-refractivity contribution in [1.29, 1.82) is 0 Å². The highest BCUT2D eigenvalue weighted by atomic mass is 35.5. The summed E-state index contributed by atoms with van der Waals surface area (Å²) in [6, 6.07) is 15.2. The Morgan fingerprint density at radius 2 is 1.83 bits per heavy atom. The van der Waals surface area contributed by atoms with Gasteiger partial charge in [-0.05, 0) is 30.3 Å². The standard InChI is InChI=1S/C17H13ClN4O2/c18-12-5-4-8-14(11-12)22-10-9-19-15(16(22)23)21-17(24)20-13-6-2-1-3-7-13/h1-11H,(H2,19,20,21,24). The number of hydrogen-bond donors (Lipinski definition) is 2. The highest BCUT2D eigenvalue weighted by molar-refractivity contribution is 6.30. The van der Waals surface area contributed by atoms with Crippen molar-refractivity contribution in [2.24, 2.45) is 0 Å². The average Bonchev–Trinajstić information content (AvgIpc) is 2.57. The molecule has 0 unspecified atom stereocenters. The number of rotatable bonds is 3. The molecule has 0 fully saturated rings. The first kappa shape index (κ1) is 15.8. The average molecular weight is 341 g/mol. The van der Waals surface area contributed by atoms with Gasteiger partial charge in [0.2, 0.25) is 5.82 Å². The summed E-state index contributed by atoms with van der Waals surface area (Å²) >= 11 is 5.95. The van der Waals surface area contributed by atoms with Crippen molar-refractivity contribution in [3.8, 4) is 5.69 Å². The van der Waals surface area contributed by atoms with Crippen LogP contribution in [0.15, 0.2) is 71.8 Å². The highest BCUT2D eigenvalue weighted by Crippen LogP contribution is 2.13. The van der Waals surface area contributed by atoms with Gasteiger partial charge in [0, 0.05) is 23.1 Å². The molecule has 7 heteroatoms. The fourth-order valence-electron chi connectivity index (χ4n) is 2.12. The van der Waals surface area contributed by atoms with Crippen LogP contribution < -0.4 is 16.2 Å². The molecule has 0 aliphatic heterocycles. The van der Waals surface area contributed by atoms with E-state index >= 15 is 0 Å². The van der Waals surface area contributed by atoms with Crippen LogP contribution in [0.3, 0.4) is 0 Å². The normalized spacial score (nSPS) is 10.2. The molecule has 0 saturated heterocycles. The van der Waals surface area contributed by atoms with E-state index in [1.165, 1.54) is 17.0 Å². The zero-order chi connectivity index (χ0) is 16.9. The van der Waals surface area contributed by atoms with Crippen molar-refractivity contribution < 1.29 is 4.79 Å². The zero-order valence-electron chi connectivity index (χ0n) is 12.4. The van der Waals surface area contributed by atoms with Crippen molar-refractivity contribution in [2.75, 3.05) is 10.6 Å². The number of anilines is 2. The number of nitrogens with one attached hydrogen (secondary N) is 2. The molecule has 0 aliphatic rings. The number of benzene rings is 2. The van der Waals surface area contributed by atoms with E-state index in [1.54, 1.807) is 48.5 Å². The Hall–Kier alpha value is -3.12. The second-order valence-electron chi connectivity index (χ2n) is 4.88. The Balaban J connectivity index is 1.83. The van der Waals surface area contributed by atoms with Crippen molar-refractivity contribution in [1.82, 2.24) is 9.55 Å². The van der Waals surface area contributed by atoms with Gasteiger partial charge in [0.05, 0.1) is 5.69 Å². The summed E-state index contributed by atoms with van der Waals surface area (Å²) in [7, 11) is 0. The summed E-state index contributed by atoms with van der Waals surface area (Å²) in [5, 5.41) is 5.59. The minimum Gasteiger partial charge on any atom is -0.308 e. The van der Waals surface area contributed by atoms with Gasteiger partial charge >= 0.3 is 6.03 Å². The first-order chi connectivity index (χ1) is 11.6. The van der Waals surface area contributed by atoms with Gasteiger partial charge in [-0.3, -0.25) is 14.7 Å². The van der Waals surface area contributed by atoms with Crippen LogP contribution in [0.25, 0.3) is 5.69 Å². The molecule has 24 heavy (non-hydrogen) atoms. The first-order valence-corrected chi connectivity index (χ1v) is 7.48. The van der Waals surface area contributed by atoms with Gasteiger partial charge in [0.15, 0.2) is 0 Å². The number of nitrogens with zero attached hydrogens (tertiary/aromatic N) is 2. The molecule has 0 aliphatic carbocycles. The van der Waals surface area contributed by atoms with E-state index in [2.05, 4.69) is 15.6 Å². The number of amides is 2. The zero-order valence-corrected chi connectivity index (χ0v) is 13.2. The lowest BCUT2D eigenvalue weighted by Gasteiger charge is -2.09. The molecular formula is C17H13ClN4O2. The van der Waals surface area contributed by atoms with Crippen LogP contribution in [0.2, 0.25) is 5.02 Å². The van der Waals surface area contributed by atoms with Crippen LogP contribution in [-0.4, -0.2) is 15.6 Å². The van der Waals surface area contributed by atoms with Crippen LogP contribution in [0, 0.1) is 0 Å². The second-order valence-corrected chi connectivity index (χ2v) is 5.31. The summed E-state index contributed by atoms with van der Waals surface area (Å²) in [5.74, 6) is -0.0779. The molecule has 6 nitrogen and oxygen atoms in total. The number of hydrogen-bond acceptors (Lipinski definition) is 3. The lowest BCUT2D eigenvalue weighted by atomic mass is 10.3. The minimum atomic E-state index is -0.547. The monoisotopic (exact) mass is 340 g/mol. The number of aromatic nitrogens is 2. The predicted octanol–water partition coefficient (Wildman–Crippen LogP) is 3.53. The maximum Gasteiger partial charge on any atom is 0.325 e. The highest BCUT2D eigenvalue weighted by Gasteiger charge is 2.10. The van der Waals surface area contributed by atoms with Gasteiger partial charge in [-0.15, -0.1) is 0 Å². The molecule has 0 radical (unpaired) electrons. The lowest BCUT2D eigenvalue weighted by Crippen LogP contribution is -2.28. The SMILES string of the molecule is O=C(Nc1ccccc1)Nc1nccn(-c2cccc(Cl)c2)c1=O. The molecule has 1 heterocycles. The van der Waals surface area contributed by atoms with Gasteiger partial charge in [-0.1, -0.05) is 35.9 Å². The molecule has 0 spiro atoms. The Kier molecular flexibility index (Phi) is 4.58. The molecule has 0 atom stereocenters. The van der Waals surface area contributed by atoms with E-state index in [0.29, 0.717) is 16.4 Å². The quantitative estimate of drug-likeness (QED) is 0.765. The number of para-hydroxylation sites is 1. The molecule has 120 valence electrons. The van der Waals surface area contributed by atoms with Gasteiger partial charge in [0.25, 0.3) is 5.56 Å². The lowest BCUT2D eigenvalue weighted by molar-refractivity contribution is 0.262. The summed E-state index contributed by atoms with van der Waals surface area (Å²) in [4.78, 5) is 28.4. The number of carbonyl (C=O) groups excluding carboxylic acids is 1. The summed E-state index contributed by atoms with van der Waals surface area (Å²) < 4.78 is 1.36. The van der Waals surface area contributed by atoms with Crippen molar-refractivity contribution in [3.63, 3.8) is 0 Å². The molecule has 2 amide bonds. The van der Waals surface area contributed by atoms with E-state index in [4.69, 9.17) is 11.6 Å². The van der Waals surface area contributed by atoms with E-state index < -0.39 is 11.6 Å². The summed E-state index contributed by atoms with van der Waals surface area (Å²) in [6.07, 6.45) is 2.94. The third-order valence-corrected chi connectivity index (χ3v) is 3.43. The Bertz CT molecular complexity index is 925. The molecule has 2 N–H and O–H groups in total.